The number of ether oxygens (including phenoxy) is 3. The molecule has 0 aliphatic carbocycles. The minimum Gasteiger partial charge on any atom is -0.497 e. The summed E-state index contributed by atoms with van der Waals surface area (Å²) in [5, 5.41) is 19.5. The van der Waals surface area contributed by atoms with Crippen molar-refractivity contribution in [2.24, 2.45) is 5.92 Å². The van der Waals surface area contributed by atoms with Gasteiger partial charge in [-0.3, -0.25) is 9.78 Å². The number of halogens is 1. The number of aliphatic hydroxyl groups excluding tert-OH is 1. The van der Waals surface area contributed by atoms with Crippen LogP contribution in [0.1, 0.15) is 30.4 Å². The topological polar surface area (TPSA) is 98.1 Å². The fourth-order valence-electron chi connectivity index (χ4n) is 3.45. The van der Waals surface area contributed by atoms with Gasteiger partial charge in [0.05, 0.1) is 24.8 Å². The largest absolute Gasteiger partial charge is 0.497 e. The van der Waals surface area contributed by atoms with E-state index in [1.807, 2.05) is 0 Å². The van der Waals surface area contributed by atoms with Crippen LogP contribution in [0.25, 0.3) is 11.1 Å². The monoisotopic (exact) mass is 439 g/mol. The molecule has 2 heterocycles. The SMILES string of the molecule is COc1ccc(F)c(-c2ccc(C3COc4ccc([C@H](O)[C@H](C)C(=O)O)cc4O3)nc2)c1. The molecular formula is C24H22FNO6. The van der Waals surface area contributed by atoms with Crippen LogP contribution >= 0.6 is 0 Å². The van der Waals surface area contributed by atoms with Gasteiger partial charge in [0, 0.05) is 17.3 Å². The average molecular weight is 439 g/mol. The number of hydrogen-bond donors (Lipinski definition) is 2. The maximum atomic E-state index is 14.2. The van der Waals surface area contributed by atoms with Crippen molar-refractivity contribution in [2.45, 2.75) is 19.1 Å². The molecule has 7 nitrogen and oxygen atoms in total. The van der Waals surface area contributed by atoms with Crippen LogP contribution in [0.15, 0.2) is 54.7 Å². The second-order valence-corrected chi connectivity index (χ2v) is 7.51. The molecule has 2 aromatic carbocycles. The third-order valence-corrected chi connectivity index (χ3v) is 5.43. The number of carboxylic acid groups (broad SMARTS) is 1. The van der Waals surface area contributed by atoms with Crippen LogP contribution in [0, 0.1) is 11.7 Å². The number of pyridine rings is 1. The Balaban J connectivity index is 1.55. The molecule has 32 heavy (non-hydrogen) atoms. The molecule has 3 aromatic rings. The van der Waals surface area contributed by atoms with Crippen molar-refractivity contribution in [3.8, 4) is 28.4 Å². The Bertz CT molecular complexity index is 1130. The van der Waals surface area contributed by atoms with Gasteiger partial charge in [0.15, 0.2) is 17.6 Å². The molecular weight excluding hydrogens is 417 g/mol. The molecule has 0 fully saturated rings. The van der Waals surface area contributed by atoms with Gasteiger partial charge >= 0.3 is 5.97 Å². The molecule has 3 atom stereocenters. The lowest BCUT2D eigenvalue weighted by atomic mass is 9.97. The third-order valence-electron chi connectivity index (χ3n) is 5.43. The fourth-order valence-corrected chi connectivity index (χ4v) is 3.45. The second-order valence-electron chi connectivity index (χ2n) is 7.51. The first-order valence-corrected chi connectivity index (χ1v) is 10.0. The van der Waals surface area contributed by atoms with Crippen molar-refractivity contribution < 1.29 is 33.6 Å². The quantitative estimate of drug-likeness (QED) is 0.595. The maximum Gasteiger partial charge on any atom is 0.309 e. The summed E-state index contributed by atoms with van der Waals surface area (Å²) in [4.78, 5) is 15.6. The molecule has 0 saturated carbocycles. The Hall–Kier alpha value is -3.65. The smallest absolute Gasteiger partial charge is 0.309 e. The number of hydrogen-bond acceptors (Lipinski definition) is 6. The highest BCUT2D eigenvalue weighted by Gasteiger charge is 2.28. The first-order valence-electron chi connectivity index (χ1n) is 10.0. The van der Waals surface area contributed by atoms with Crippen molar-refractivity contribution >= 4 is 5.97 Å². The van der Waals surface area contributed by atoms with E-state index in [-0.39, 0.29) is 12.4 Å². The number of carboxylic acids is 1. The lowest BCUT2D eigenvalue weighted by Gasteiger charge is -2.27. The van der Waals surface area contributed by atoms with Crippen LogP contribution in [0.4, 0.5) is 4.39 Å². The Labute approximate surface area is 184 Å². The zero-order valence-electron chi connectivity index (χ0n) is 17.5. The molecule has 0 saturated heterocycles. The fraction of sp³-hybridized carbons (Fsp3) is 0.250. The van der Waals surface area contributed by atoms with Gasteiger partial charge < -0.3 is 24.4 Å². The van der Waals surface area contributed by atoms with Crippen LogP contribution in [0.3, 0.4) is 0 Å². The van der Waals surface area contributed by atoms with E-state index in [1.54, 1.807) is 48.7 Å². The molecule has 0 spiro atoms. The van der Waals surface area contributed by atoms with Crippen LogP contribution in [0.2, 0.25) is 0 Å². The van der Waals surface area contributed by atoms with Crippen LogP contribution in [0.5, 0.6) is 17.2 Å². The Kier molecular flexibility index (Phi) is 5.96. The summed E-state index contributed by atoms with van der Waals surface area (Å²) in [5.74, 6) is -1.02. The molecule has 0 radical (unpaired) electrons. The molecule has 1 unspecified atom stereocenters. The first-order chi connectivity index (χ1) is 15.4. The number of rotatable bonds is 6. The van der Waals surface area contributed by atoms with E-state index in [4.69, 9.17) is 19.3 Å². The average Bonchev–Trinajstić information content (AvgIpc) is 2.82. The van der Waals surface area contributed by atoms with E-state index < -0.39 is 24.1 Å². The van der Waals surface area contributed by atoms with E-state index in [1.165, 1.54) is 20.1 Å². The van der Waals surface area contributed by atoms with E-state index in [0.29, 0.717) is 39.6 Å². The van der Waals surface area contributed by atoms with Crippen LogP contribution < -0.4 is 14.2 Å². The number of aromatic nitrogens is 1. The zero-order chi connectivity index (χ0) is 22.8. The molecule has 166 valence electrons. The van der Waals surface area contributed by atoms with Crippen molar-refractivity contribution in [2.75, 3.05) is 13.7 Å². The van der Waals surface area contributed by atoms with Crippen molar-refractivity contribution in [3.05, 3.63) is 71.8 Å². The molecule has 1 aliphatic heterocycles. The number of fused-ring (bicyclic) bond motifs is 1. The predicted molar refractivity (Wildman–Crippen MR) is 113 cm³/mol. The summed E-state index contributed by atoms with van der Waals surface area (Å²) in [6.07, 6.45) is -0.145. The van der Waals surface area contributed by atoms with Gasteiger partial charge in [0.1, 0.15) is 18.2 Å². The third kappa shape index (κ3) is 4.22. The number of aliphatic carboxylic acids is 1. The summed E-state index contributed by atoms with van der Waals surface area (Å²) in [6, 6.07) is 12.8. The summed E-state index contributed by atoms with van der Waals surface area (Å²) in [7, 11) is 1.52. The van der Waals surface area contributed by atoms with Gasteiger partial charge in [-0.2, -0.15) is 0 Å². The Morgan fingerprint density at radius 3 is 2.69 bits per heavy atom. The number of benzene rings is 2. The molecule has 0 bridgehead atoms. The van der Waals surface area contributed by atoms with Gasteiger partial charge in [0.2, 0.25) is 0 Å². The number of carbonyl (C=O) groups is 1. The lowest BCUT2D eigenvalue weighted by molar-refractivity contribution is -0.145. The minimum absolute atomic E-state index is 0.223. The van der Waals surface area contributed by atoms with Gasteiger partial charge in [-0.1, -0.05) is 12.1 Å². The Morgan fingerprint density at radius 1 is 1.19 bits per heavy atom. The minimum atomic E-state index is -1.18. The molecule has 0 amide bonds. The maximum absolute atomic E-state index is 14.2. The second kappa shape index (κ2) is 8.84. The van der Waals surface area contributed by atoms with Crippen LogP contribution in [-0.4, -0.2) is 34.9 Å². The molecule has 1 aliphatic rings. The highest BCUT2D eigenvalue weighted by molar-refractivity contribution is 5.70. The van der Waals surface area contributed by atoms with Crippen molar-refractivity contribution in [3.63, 3.8) is 0 Å². The van der Waals surface area contributed by atoms with Crippen molar-refractivity contribution in [1.82, 2.24) is 4.98 Å². The summed E-state index contributed by atoms with van der Waals surface area (Å²) >= 11 is 0. The van der Waals surface area contributed by atoms with Gasteiger partial charge in [0.25, 0.3) is 0 Å². The van der Waals surface area contributed by atoms with Gasteiger partial charge in [-0.05, 0) is 48.9 Å². The zero-order valence-corrected chi connectivity index (χ0v) is 17.5. The Morgan fingerprint density at radius 2 is 2.00 bits per heavy atom. The molecule has 4 rings (SSSR count). The summed E-state index contributed by atoms with van der Waals surface area (Å²) < 4.78 is 31.2. The molecule has 8 heteroatoms. The van der Waals surface area contributed by atoms with E-state index in [2.05, 4.69) is 4.98 Å². The van der Waals surface area contributed by atoms with E-state index in [0.717, 1.165) is 0 Å². The first kappa shape index (κ1) is 21.6. The standard InChI is InChI=1S/C24H22FNO6/c1-13(24(28)29)23(27)14-4-8-20-21(9-14)32-22(12-31-20)19-7-3-15(11-26-19)17-10-16(30-2)5-6-18(17)25/h3-11,13,22-23,27H,12H2,1-2H3,(H,28,29)/t13-,22?,23+/m0/s1. The van der Waals surface area contributed by atoms with Crippen LogP contribution in [-0.2, 0) is 4.79 Å². The van der Waals surface area contributed by atoms with Gasteiger partial charge in [-0.15, -0.1) is 0 Å². The highest BCUT2D eigenvalue weighted by atomic mass is 19.1. The molecule has 1 aromatic heterocycles. The summed E-state index contributed by atoms with van der Waals surface area (Å²) in [6.45, 7) is 1.66. The number of nitrogens with zero attached hydrogens (tertiary/aromatic N) is 1. The normalized spacial score (nSPS) is 16.8. The van der Waals surface area contributed by atoms with Gasteiger partial charge in [-0.25, -0.2) is 4.39 Å². The molecule has 2 N–H and O–H groups in total. The van der Waals surface area contributed by atoms with Crippen molar-refractivity contribution in [1.29, 1.82) is 0 Å². The van der Waals surface area contributed by atoms with E-state index >= 15 is 0 Å². The number of aliphatic hydroxyl groups is 1. The highest BCUT2D eigenvalue weighted by Crippen LogP contribution is 2.39. The number of methoxy groups -OCH3 is 1. The van der Waals surface area contributed by atoms with E-state index in [9.17, 15) is 14.3 Å². The summed E-state index contributed by atoms with van der Waals surface area (Å²) in [5.41, 5.74) is 1.98. The predicted octanol–water partition coefficient (Wildman–Crippen LogP) is 4.16. The lowest BCUT2D eigenvalue weighted by Crippen LogP contribution is -2.23.